The first-order chi connectivity index (χ1) is 11.6. The van der Waals surface area contributed by atoms with Gasteiger partial charge in [-0.15, -0.1) is 0 Å². The first kappa shape index (κ1) is 17.1. The van der Waals surface area contributed by atoms with Gasteiger partial charge in [0.1, 0.15) is 0 Å². The zero-order valence-electron chi connectivity index (χ0n) is 13.9. The third kappa shape index (κ3) is 2.99. The Morgan fingerprint density at radius 2 is 2.38 bits per heavy atom. The smallest absolute Gasteiger partial charge is 0.220 e. The van der Waals surface area contributed by atoms with E-state index in [0.717, 1.165) is 35.0 Å². The highest BCUT2D eigenvalue weighted by molar-refractivity contribution is 6.35. The fraction of sp³-hybridized carbons (Fsp3) is 0.444. The summed E-state index contributed by atoms with van der Waals surface area (Å²) in [5.41, 5.74) is 8.34. The molecule has 5 nitrogen and oxygen atoms in total. The lowest BCUT2D eigenvalue weighted by atomic mass is 9.82. The third-order valence-electron chi connectivity index (χ3n) is 4.67. The summed E-state index contributed by atoms with van der Waals surface area (Å²) >= 11 is 6.47. The fourth-order valence-electron chi connectivity index (χ4n) is 3.57. The molecule has 24 heavy (non-hydrogen) atoms. The molecule has 1 saturated heterocycles. The zero-order chi connectivity index (χ0) is 17.2. The molecule has 128 valence electrons. The minimum Gasteiger partial charge on any atom is -0.345 e. The molecule has 1 aromatic carbocycles. The highest BCUT2D eigenvalue weighted by atomic mass is 35.5. The van der Waals surface area contributed by atoms with Gasteiger partial charge in [-0.3, -0.25) is 9.78 Å². The van der Waals surface area contributed by atoms with Crippen LogP contribution in [0, 0.1) is 0 Å². The van der Waals surface area contributed by atoms with Crippen molar-refractivity contribution in [2.24, 2.45) is 5.73 Å². The van der Waals surface area contributed by atoms with Gasteiger partial charge in [0.05, 0.1) is 16.1 Å². The Bertz CT molecular complexity index is 756. The summed E-state index contributed by atoms with van der Waals surface area (Å²) < 4.78 is 0. The molecule has 0 radical (unpaired) electrons. The number of pyridine rings is 1. The van der Waals surface area contributed by atoms with Crippen LogP contribution in [0.2, 0.25) is 5.02 Å². The summed E-state index contributed by atoms with van der Waals surface area (Å²) in [5, 5.41) is 8.21. The molecule has 1 amide bonds. The van der Waals surface area contributed by atoms with Crippen molar-refractivity contribution in [3.8, 4) is 0 Å². The SMILES string of the molecule is CCC(=O)N[C@]1(c2c(CCN)cc(Cl)c3cccnc23)CCNC1. The van der Waals surface area contributed by atoms with Gasteiger partial charge in [0.25, 0.3) is 0 Å². The quantitative estimate of drug-likeness (QED) is 0.774. The molecular formula is C18H23ClN4O. The van der Waals surface area contributed by atoms with Gasteiger partial charge in [-0.1, -0.05) is 18.5 Å². The lowest BCUT2D eigenvalue weighted by molar-refractivity contribution is -0.122. The van der Waals surface area contributed by atoms with Gasteiger partial charge in [0, 0.05) is 30.1 Å². The highest BCUT2D eigenvalue weighted by Crippen LogP contribution is 2.38. The van der Waals surface area contributed by atoms with Gasteiger partial charge in [0.15, 0.2) is 0 Å². The number of rotatable bonds is 5. The molecular weight excluding hydrogens is 324 g/mol. The van der Waals surface area contributed by atoms with Crippen molar-refractivity contribution in [2.45, 2.75) is 31.7 Å². The molecule has 2 aromatic rings. The maximum Gasteiger partial charge on any atom is 0.220 e. The second-order valence-corrected chi connectivity index (χ2v) is 6.65. The monoisotopic (exact) mass is 346 g/mol. The largest absolute Gasteiger partial charge is 0.345 e. The number of hydrogen-bond acceptors (Lipinski definition) is 4. The molecule has 1 aromatic heterocycles. The molecule has 0 bridgehead atoms. The number of fused-ring (bicyclic) bond motifs is 1. The predicted octanol–water partition coefficient (Wildman–Crippen LogP) is 2.10. The molecule has 0 saturated carbocycles. The Balaban J connectivity index is 2.26. The minimum atomic E-state index is -0.464. The van der Waals surface area contributed by atoms with Gasteiger partial charge >= 0.3 is 0 Å². The number of carbonyl (C=O) groups excluding carboxylic acids is 1. The summed E-state index contributed by atoms with van der Waals surface area (Å²) in [6.07, 6.45) is 3.74. The van der Waals surface area contributed by atoms with Crippen LogP contribution in [0.3, 0.4) is 0 Å². The number of hydrogen-bond donors (Lipinski definition) is 3. The number of amides is 1. The zero-order valence-corrected chi connectivity index (χ0v) is 14.6. The molecule has 3 rings (SSSR count). The van der Waals surface area contributed by atoms with E-state index in [1.54, 1.807) is 6.20 Å². The van der Waals surface area contributed by atoms with Crippen molar-refractivity contribution in [1.29, 1.82) is 0 Å². The van der Waals surface area contributed by atoms with Crippen molar-refractivity contribution < 1.29 is 4.79 Å². The van der Waals surface area contributed by atoms with Crippen LogP contribution in [0.4, 0.5) is 0 Å². The Morgan fingerprint density at radius 3 is 3.04 bits per heavy atom. The van der Waals surface area contributed by atoms with Crippen LogP contribution >= 0.6 is 11.6 Å². The number of aromatic nitrogens is 1. The molecule has 1 atom stereocenters. The molecule has 0 unspecified atom stereocenters. The lowest BCUT2D eigenvalue weighted by Crippen LogP contribution is -2.48. The van der Waals surface area contributed by atoms with Crippen LogP contribution in [-0.2, 0) is 16.8 Å². The van der Waals surface area contributed by atoms with Gasteiger partial charge in [-0.25, -0.2) is 0 Å². The van der Waals surface area contributed by atoms with Crippen LogP contribution in [0.15, 0.2) is 24.4 Å². The van der Waals surface area contributed by atoms with E-state index in [4.69, 9.17) is 17.3 Å². The van der Waals surface area contributed by atoms with Crippen molar-refractivity contribution in [2.75, 3.05) is 19.6 Å². The Kier molecular flexibility index (Phi) is 5.04. The average molecular weight is 347 g/mol. The first-order valence-electron chi connectivity index (χ1n) is 8.39. The van der Waals surface area contributed by atoms with Crippen LogP contribution < -0.4 is 16.4 Å². The van der Waals surface area contributed by atoms with E-state index in [9.17, 15) is 4.79 Å². The Labute approximate surface area is 147 Å². The summed E-state index contributed by atoms with van der Waals surface area (Å²) in [7, 11) is 0. The van der Waals surface area contributed by atoms with E-state index < -0.39 is 5.54 Å². The Morgan fingerprint density at radius 1 is 1.54 bits per heavy atom. The van der Waals surface area contributed by atoms with Gasteiger partial charge in [-0.2, -0.15) is 0 Å². The highest BCUT2D eigenvalue weighted by Gasteiger charge is 2.40. The molecule has 6 heteroatoms. The molecule has 1 aliphatic heterocycles. The third-order valence-corrected chi connectivity index (χ3v) is 4.98. The molecule has 0 aliphatic carbocycles. The number of nitrogens with zero attached hydrogens (tertiary/aromatic N) is 1. The second kappa shape index (κ2) is 7.05. The van der Waals surface area contributed by atoms with Gasteiger partial charge < -0.3 is 16.4 Å². The van der Waals surface area contributed by atoms with E-state index in [1.807, 2.05) is 25.1 Å². The van der Waals surface area contributed by atoms with E-state index in [2.05, 4.69) is 15.6 Å². The number of benzene rings is 1. The van der Waals surface area contributed by atoms with Crippen LogP contribution in [0.1, 0.15) is 30.9 Å². The molecule has 2 heterocycles. The topological polar surface area (TPSA) is 80.0 Å². The van der Waals surface area contributed by atoms with E-state index in [-0.39, 0.29) is 5.91 Å². The van der Waals surface area contributed by atoms with Crippen molar-refractivity contribution in [3.05, 3.63) is 40.5 Å². The maximum atomic E-state index is 12.2. The standard InChI is InChI=1S/C18H23ClN4O/c1-2-15(24)23-18(6-9-21-11-18)16-12(5-7-20)10-14(19)13-4-3-8-22-17(13)16/h3-4,8,10,21H,2,5-7,9,11,20H2,1H3,(H,23,24)/t18-/m1/s1. The van der Waals surface area contributed by atoms with Gasteiger partial charge in [0.2, 0.25) is 5.91 Å². The fourth-order valence-corrected chi connectivity index (χ4v) is 3.85. The number of carbonyl (C=O) groups is 1. The van der Waals surface area contributed by atoms with Crippen LogP contribution in [-0.4, -0.2) is 30.5 Å². The second-order valence-electron chi connectivity index (χ2n) is 6.24. The summed E-state index contributed by atoms with van der Waals surface area (Å²) in [6, 6.07) is 5.83. The number of halogens is 1. The van der Waals surface area contributed by atoms with E-state index in [0.29, 0.717) is 31.0 Å². The summed E-state index contributed by atoms with van der Waals surface area (Å²) in [4.78, 5) is 16.8. The number of nitrogens with one attached hydrogen (secondary N) is 2. The average Bonchev–Trinajstić information content (AvgIpc) is 3.04. The molecule has 0 spiro atoms. The van der Waals surface area contributed by atoms with Crippen LogP contribution in [0.25, 0.3) is 10.9 Å². The van der Waals surface area contributed by atoms with Crippen molar-refractivity contribution in [3.63, 3.8) is 0 Å². The van der Waals surface area contributed by atoms with E-state index >= 15 is 0 Å². The van der Waals surface area contributed by atoms with E-state index in [1.165, 1.54) is 0 Å². The summed E-state index contributed by atoms with van der Waals surface area (Å²) in [5.74, 6) is 0.0384. The minimum absolute atomic E-state index is 0.0384. The predicted molar refractivity (Wildman–Crippen MR) is 97.1 cm³/mol. The number of nitrogens with two attached hydrogens (primary N) is 1. The molecule has 4 N–H and O–H groups in total. The summed E-state index contributed by atoms with van der Waals surface area (Å²) in [6.45, 7) is 3.92. The van der Waals surface area contributed by atoms with Crippen molar-refractivity contribution in [1.82, 2.24) is 15.6 Å². The Hall–Kier alpha value is -1.69. The van der Waals surface area contributed by atoms with Gasteiger partial charge in [-0.05, 0) is 49.7 Å². The van der Waals surface area contributed by atoms with Crippen molar-refractivity contribution >= 4 is 28.4 Å². The molecule has 1 fully saturated rings. The molecule has 1 aliphatic rings. The van der Waals surface area contributed by atoms with Crippen LogP contribution in [0.5, 0.6) is 0 Å². The lowest BCUT2D eigenvalue weighted by Gasteiger charge is -2.33. The normalized spacial score (nSPS) is 20.5. The first-order valence-corrected chi connectivity index (χ1v) is 8.77. The maximum absolute atomic E-state index is 12.2.